The Morgan fingerprint density at radius 2 is 2.00 bits per heavy atom. The number of amides is 1. The van der Waals surface area contributed by atoms with Crippen molar-refractivity contribution in [1.82, 2.24) is 5.32 Å². The van der Waals surface area contributed by atoms with Gasteiger partial charge in [-0.1, -0.05) is 6.07 Å². The number of aryl methyl sites for hydroxylation is 1. The number of anilines is 1. The minimum atomic E-state index is -0.470. The minimum Gasteiger partial charge on any atom is -0.508 e. The van der Waals surface area contributed by atoms with Gasteiger partial charge in [-0.2, -0.15) is 0 Å². The van der Waals surface area contributed by atoms with Gasteiger partial charge in [0.25, 0.3) is 0 Å². The quantitative estimate of drug-likeness (QED) is 0.725. The van der Waals surface area contributed by atoms with Crippen LogP contribution in [0, 0.1) is 6.92 Å². The second kappa shape index (κ2) is 7.03. The molecule has 20 heavy (non-hydrogen) atoms. The number of carbonyl (C=O) groups excluding carboxylic acids is 1. The first-order chi connectivity index (χ1) is 9.28. The number of benzene rings is 1. The third-order valence-corrected chi connectivity index (χ3v) is 2.56. The molecule has 0 fully saturated rings. The zero-order valence-electron chi connectivity index (χ0n) is 12.6. The third kappa shape index (κ3) is 6.31. The second-order valence-electron chi connectivity index (χ2n) is 5.71. The second-order valence-corrected chi connectivity index (χ2v) is 5.71. The van der Waals surface area contributed by atoms with Crippen molar-refractivity contribution in [2.24, 2.45) is 0 Å². The van der Waals surface area contributed by atoms with Gasteiger partial charge in [-0.15, -0.1) is 0 Å². The third-order valence-electron chi connectivity index (χ3n) is 2.56. The monoisotopic (exact) mass is 280 g/mol. The normalized spacial score (nSPS) is 11.0. The molecule has 0 aromatic heterocycles. The van der Waals surface area contributed by atoms with Crippen LogP contribution >= 0.6 is 0 Å². The highest BCUT2D eigenvalue weighted by molar-refractivity contribution is 5.67. The molecule has 0 bridgehead atoms. The number of phenols is 1. The van der Waals surface area contributed by atoms with E-state index < -0.39 is 11.7 Å². The lowest BCUT2D eigenvalue weighted by atomic mass is 10.2. The summed E-state index contributed by atoms with van der Waals surface area (Å²) < 4.78 is 5.13. The number of aromatic hydroxyl groups is 1. The summed E-state index contributed by atoms with van der Waals surface area (Å²) in [6.07, 6.45) is 0.374. The maximum Gasteiger partial charge on any atom is 0.407 e. The molecule has 0 heterocycles. The molecule has 0 aliphatic carbocycles. The highest BCUT2D eigenvalue weighted by Gasteiger charge is 2.15. The highest BCUT2D eigenvalue weighted by Crippen LogP contribution is 2.20. The van der Waals surface area contributed by atoms with Crippen molar-refractivity contribution in [3.8, 4) is 5.75 Å². The molecule has 5 nitrogen and oxygen atoms in total. The minimum absolute atomic E-state index is 0.280. The number of phenolic OH excluding ortho intramolecular Hbond substituents is 1. The summed E-state index contributed by atoms with van der Waals surface area (Å²) >= 11 is 0. The van der Waals surface area contributed by atoms with Crippen molar-refractivity contribution >= 4 is 11.8 Å². The van der Waals surface area contributed by atoms with Crippen LogP contribution in [-0.2, 0) is 4.74 Å². The Bertz CT molecular complexity index is 453. The molecule has 0 saturated carbocycles. The molecular weight excluding hydrogens is 256 g/mol. The van der Waals surface area contributed by atoms with Crippen LogP contribution in [0.2, 0.25) is 0 Å². The fraction of sp³-hybridized carbons (Fsp3) is 0.533. The summed E-state index contributed by atoms with van der Waals surface area (Å²) in [5.74, 6) is 0.280. The standard InChI is InChI=1S/C15H24N2O3/c1-11-6-7-12(10-13(11)18)16-8-5-9-17-14(19)20-15(2,3)4/h6-7,10,16,18H,5,8-9H2,1-4H3,(H,17,19). The Balaban J connectivity index is 2.19. The van der Waals surface area contributed by atoms with Crippen molar-refractivity contribution in [2.45, 2.75) is 39.7 Å². The molecule has 1 aromatic carbocycles. The van der Waals surface area contributed by atoms with Crippen LogP contribution in [0.3, 0.4) is 0 Å². The number of alkyl carbamates (subject to hydrolysis) is 1. The molecule has 1 amide bonds. The summed E-state index contributed by atoms with van der Waals surface area (Å²) in [6.45, 7) is 8.59. The number of carbonyl (C=O) groups is 1. The largest absolute Gasteiger partial charge is 0.508 e. The number of rotatable bonds is 5. The molecule has 0 unspecified atom stereocenters. The van der Waals surface area contributed by atoms with E-state index in [1.807, 2.05) is 39.8 Å². The van der Waals surface area contributed by atoms with Crippen LogP contribution in [0.1, 0.15) is 32.8 Å². The molecule has 112 valence electrons. The van der Waals surface area contributed by atoms with Gasteiger partial charge >= 0.3 is 6.09 Å². The molecule has 0 spiro atoms. The van der Waals surface area contributed by atoms with E-state index in [4.69, 9.17) is 4.74 Å². The van der Waals surface area contributed by atoms with E-state index in [2.05, 4.69) is 10.6 Å². The zero-order chi connectivity index (χ0) is 15.2. The molecule has 0 aliphatic heterocycles. The molecule has 5 heteroatoms. The topological polar surface area (TPSA) is 70.6 Å². The van der Waals surface area contributed by atoms with E-state index in [-0.39, 0.29) is 5.75 Å². The SMILES string of the molecule is Cc1ccc(NCCCNC(=O)OC(C)(C)C)cc1O. The van der Waals surface area contributed by atoms with Gasteiger partial charge in [-0.3, -0.25) is 0 Å². The highest BCUT2D eigenvalue weighted by atomic mass is 16.6. The molecule has 1 rings (SSSR count). The van der Waals surface area contributed by atoms with E-state index in [1.165, 1.54) is 0 Å². The van der Waals surface area contributed by atoms with Crippen LogP contribution in [0.25, 0.3) is 0 Å². The van der Waals surface area contributed by atoms with Crippen molar-refractivity contribution in [2.75, 3.05) is 18.4 Å². The summed E-state index contributed by atoms with van der Waals surface area (Å²) in [6, 6.07) is 5.46. The van der Waals surface area contributed by atoms with Crippen molar-refractivity contribution in [3.63, 3.8) is 0 Å². The van der Waals surface area contributed by atoms with Gasteiger partial charge in [-0.05, 0) is 45.7 Å². The Morgan fingerprint density at radius 1 is 1.30 bits per heavy atom. The number of hydrogen-bond acceptors (Lipinski definition) is 4. The summed E-state index contributed by atoms with van der Waals surface area (Å²) in [5, 5.41) is 15.4. The van der Waals surface area contributed by atoms with E-state index >= 15 is 0 Å². The van der Waals surface area contributed by atoms with Gasteiger partial charge in [0.15, 0.2) is 0 Å². The summed E-state index contributed by atoms with van der Waals surface area (Å²) in [7, 11) is 0. The number of hydrogen-bond donors (Lipinski definition) is 3. The van der Waals surface area contributed by atoms with Gasteiger partial charge in [0.05, 0.1) is 0 Å². The Kier molecular flexibility index (Phi) is 5.67. The Labute approximate surface area is 120 Å². The molecule has 0 aliphatic rings. The molecule has 0 radical (unpaired) electrons. The number of ether oxygens (including phenoxy) is 1. The first kappa shape index (κ1) is 16.1. The van der Waals surface area contributed by atoms with E-state index in [1.54, 1.807) is 6.07 Å². The van der Waals surface area contributed by atoms with E-state index in [0.29, 0.717) is 13.1 Å². The molecule has 1 aromatic rings. The lowest BCUT2D eigenvalue weighted by Gasteiger charge is -2.19. The first-order valence-corrected chi connectivity index (χ1v) is 6.78. The average molecular weight is 280 g/mol. The maximum atomic E-state index is 11.4. The van der Waals surface area contributed by atoms with Crippen molar-refractivity contribution in [3.05, 3.63) is 23.8 Å². The average Bonchev–Trinajstić information content (AvgIpc) is 2.31. The molecule has 0 saturated heterocycles. The van der Waals surface area contributed by atoms with Gasteiger partial charge in [-0.25, -0.2) is 4.79 Å². The fourth-order valence-corrected chi connectivity index (χ4v) is 1.55. The summed E-state index contributed by atoms with van der Waals surface area (Å²) in [4.78, 5) is 11.4. The van der Waals surface area contributed by atoms with Crippen LogP contribution in [0.15, 0.2) is 18.2 Å². The summed E-state index contributed by atoms with van der Waals surface area (Å²) in [5.41, 5.74) is 1.24. The molecular formula is C15H24N2O3. The smallest absolute Gasteiger partial charge is 0.407 e. The van der Waals surface area contributed by atoms with Crippen LogP contribution < -0.4 is 10.6 Å². The first-order valence-electron chi connectivity index (χ1n) is 6.78. The van der Waals surface area contributed by atoms with Gasteiger partial charge in [0.2, 0.25) is 0 Å². The molecule has 3 N–H and O–H groups in total. The van der Waals surface area contributed by atoms with Crippen LogP contribution in [-0.4, -0.2) is 29.9 Å². The van der Waals surface area contributed by atoms with E-state index in [9.17, 15) is 9.90 Å². The Hall–Kier alpha value is -1.91. The van der Waals surface area contributed by atoms with Gasteiger partial charge in [0.1, 0.15) is 11.4 Å². The van der Waals surface area contributed by atoms with Crippen LogP contribution in [0.4, 0.5) is 10.5 Å². The lowest BCUT2D eigenvalue weighted by Crippen LogP contribution is -2.33. The van der Waals surface area contributed by atoms with Crippen molar-refractivity contribution in [1.29, 1.82) is 0 Å². The van der Waals surface area contributed by atoms with Crippen molar-refractivity contribution < 1.29 is 14.6 Å². The van der Waals surface area contributed by atoms with Gasteiger partial charge in [0, 0.05) is 24.8 Å². The predicted octanol–water partition coefficient (Wildman–Crippen LogP) is 3.03. The zero-order valence-corrected chi connectivity index (χ0v) is 12.6. The Morgan fingerprint density at radius 3 is 2.60 bits per heavy atom. The predicted molar refractivity (Wildman–Crippen MR) is 80.2 cm³/mol. The van der Waals surface area contributed by atoms with E-state index in [0.717, 1.165) is 17.7 Å². The number of nitrogens with one attached hydrogen (secondary N) is 2. The van der Waals surface area contributed by atoms with Crippen LogP contribution in [0.5, 0.6) is 5.75 Å². The maximum absolute atomic E-state index is 11.4. The molecule has 0 atom stereocenters. The lowest BCUT2D eigenvalue weighted by molar-refractivity contribution is 0.0528. The fourth-order valence-electron chi connectivity index (χ4n) is 1.55. The van der Waals surface area contributed by atoms with Gasteiger partial charge < -0.3 is 20.5 Å².